The molecule has 1 saturated carbocycles. The van der Waals surface area contributed by atoms with Crippen molar-refractivity contribution in [2.24, 2.45) is 5.41 Å². The van der Waals surface area contributed by atoms with E-state index in [0.717, 1.165) is 12.2 Å². The molecule has 0 bridgehead atoms. The van der Waals surface area contributed by atoms with Crippen LogP contribution in [0.3, 0.4) is 0 Å². The van der Waals surface area contributed by atoms with Gasteiger partial charge in [0.1, 0.15) is 5.75 Å². The van der Waals surface area contributed by atoms with Gasteiger partial charge in [-0.3, -0.25) is 4.98 Å². The van der Waals surface area contributed by atoms with Crippen LogP contribution in [0.25, 0.3) is 0 Å². The molecule has 2 N–H and O–H groups in total. The maximum atomic E-state index is 9.17. The molecule has 17 heavy (non-hydrogen) atoms. The Morgan fingerprint density at radius 2 is 2.24 bits per heavy atom. The van der Waals surface area contributed by atoms with Gasteiger partial charge in [0.15, 0.2) is 0 Å². The van der Waals surface area contributed by atoms with Crippen molar-refractivity contribution in [1.82, 2.24) is 10.3 Å². The predicted molar refractivity (Wildman–Crippen MR) is 68.8 cm³/mol. The average Bonchev–Trinajstić information content (AvgIpc) is 2.29. The molecule has 0 radical (unpaired) electrons. The van der Waals surface area contributed by atoms with Crippen LogP contribution in [0.1, 0.15) is 45.2 Å². The maximum Gasteiger partial charge on any atom is 0.133 e. The van der Waals surface area contributed by atoms with Crippen LogP contribution in [0, 0.1) is 5.41 Å². The summed E-state index contributed by atoms with van der Waals surface area (Å²) in [4.78, 5) is 4.20. The fourth-order valence-corrected chi connectivity index (χ4v) is 2.62. The smallest absolute Gasteiger partial charge is 0.133 e. The number of aromatic hydroxyl groups is 1. The fraction of sp³-hybridized carbons (Fsp3) is 0.643. The summed E-state index contributed by atoms with van der Waals surface area (Å²) < 4.78 is 0. The first kappa shape index (κ1) is 12.4. The van der Waals surface area contributed by atoms with E-state index in [1.54, 1.807) is 6.07 Å². The topological polar surface area (TPSA) is 45.1 Å². The summed E-state index contributed by atoms with van der Waals surface area (Å²) in [6.45, 7) is 5.47. The SMILES string of the molecule is CC1(C)CCCCC1NCc1ccc(O)cn1. The van der Waals surface area contributed by atoms with Crippen LogP contribution < -0.4 is 5.32 Å². The Morgan fingerprint density at radius 3 is 2.88 bits per heavy atom. The lowest BCUT2D eigenvalue weighted by atomic mass is 9.73. The number of rotatable bonds is 3. The van der Waals surface area contributed by atoms with Crippen molar-refractivity contribution >= 4 is 0 Å². The molecule has 0 saturated heterocycles. The van der Waals surface area contributed by atoms with Gasteiger partial charge in [0.25, 0.3) is 0 Å². The zero-order valence-corrected chi connectivity index (χ0v) is 10.7. The number of aromatic nitrogens is 1. The van der Waals surface area contributed by atoms with E-state index in [9.17, 15) is 5.11 Å². The van der Waals surface area contributed by atoms with E-state index in [1.165, 1.54) is 31.9 Å². The summed E-state index contributed by atoms with van der Waals surface area (Å²) >= 11 is 0. The van der Waals surface area contributed by atoms with Crippen LogP contribution in [0.2, 0.25) is 0 Å². The van der Waals surface area contributed by atoms with E-state index >= 15 is 0 Å². The van der Waals surface area contributed by atoms with Gasteiger partial charge in [0.05, 0.1) is 11.9 Å². The second-order valence-corrected chi connectivity index (χ2v) is 5.68. The molecule has 3 nitrogen and oxygen atoms in total. The van der Waals surface area contributed by atoms with E-state index < -0.39 is 0 Å². The predicted octanol–water partition coefficient (Wildman–Crippen LogP) is 2.85. The number of hydrogen-bond acceptors (Lipinski definition) is 3. The van der Waals surface area contributed by atoms with Gasteiger partial charge in [-0.2, -0.15) is 0 Å². The highest BCUT2D eigenvalue weighted by atomic mass is 16.3. The number of pyridine rings is 1. The van der Waals surface area contributed by atoms with E-state index in [1.807, 2.05) is 6.07 Å². The van der Waals surface area contributed by atoms with Crippen LogP contribution in [0.5, 0.6) is 5.75 Å². The van der Waals surface area contributed by atoms with Crippen LogP contribution >= 0.6 is 0 Å². The highest BCUT2D eigenvalue weighted by Gasteiger charge is 2.31. The molecule has 0 spiro atoms. The third-order valence-corrected chi connectivity index (χ3v) is 3.85. The first-order valence-electron chi connectivity index (χ1n) is 6.45. The summed E-state index contributed by atoms with van der Waals surface area (Å²) in [7, 11) is 0. The van der Waals surface area contributed by atoms with E-state index in [4.69, 9.17) is 0 Å². The van der Waals surface area contributed by atoms with Gasteiger partial charge in [-0.25, -0.2) is 0 Å². The zero-order chi connectivity index (χ0) is 12.3. The van der Waals surface area contributed by atoms with Gasteiger partial charge in [-0.1, -0.05) is 26.7 Å². The van der Waals surface area contributed by atoms with Gasteiger partial charge in [0.2, 0.25) is 0 Å². The lowest BCUT2D eigenvalue weighted by molar-refractivity contribution is 0.166. The fourth-order valence-electron chi connectivity index (χ4n) is 2.62. The van der Waals surface area contributed by atoms with Gasteiger partial charge >= 0.3 is 0 Å². The van der Waals surface area contributed by atoms with Gasteiger partial charge in [-0.05, 0) is 30.4 Å². The highest BCUT2D eigenvalue weighted by Crippen LogP contribution is 2.35. The number of nitrogens with zero attached hydrogens (tertiary/aromatic N) is 1. The molecule has 0 aliphatic heterocycles. The first-order valence-corrected chi connectivity index (χ1v) is 6.45. The minimum absolute atomic E-state index is 0.228. The Hall–Kier alpha value is -1.09. The van der Waals surface area contributed by atoms with Crippen LogP contribution in [-0.4, -0.2) is 16.1 Å². The summed E-state index contributed by atoms with van der Waals surface area (Å²) in [5.74, 6) is 0.228. The van der Waals surface area contributed by atoms with Crippen molar-refractivity contribution in [3.8, 4) is 5.75 Å². The Kier molecular flexibility index (Phi) is 3.67. The average molecular weight is 234 g/mol. The maximum absolute atomic E-state index is 9.17. The van der Waals surface area contributed by atoms with Crippen LogP contribution in [-0.2, 0) is 6.54 Å². The molecule has 1 unspecified atom stereocenters. The second kappa shape index (κ2) is 5.05. The molecule has 94 valence electrons. The van der Waals surface area contributed by atoms with Gasteiger partial charge in [0, 0.05) is 12.6 Å². The summed E-state index contributed by atoms with van der Waals surface area (Å²) in [6.07, 6.45) is 6.73. The Balaban J connectivity index is 1.91. The molecule has 1 fully saturated rings. The third-order valence-electron chi connectivity index (χ3n) is 3.85. The molecule has 1 aromatic heterocycles. The third kappa shape index (κ3) is 3.19. The van der Waals surface area contributed by atoms with Gasteiger partial charge < -0.3 is 10.4 Å². The minimum atomic E-state index is 0.228. The van der Waals surface area contributed by atoms with E-state index in [-0.39, 0.29) is 5.75 Å². The second-order valence-electron chi connectivity index (χ2n) is 5.68. The molecule has 1 aliphatic carbocycles. The van der Waals surface area contributed by atoms with Crippen molar-refractivity contribution in [1.29, 1.82) is 0 Å². The molecular formula is C14H22N2O. The van der Waals surface area contributed by atoms with Crippen molar-refractivity contribution in [3.63, 3.8) is 0 Å². The Bertz CT molecular complexity index is 359. The zero-order valence-electron chi connectivity index (χ0n) is 10.7. The van der Waals surface area contributed by atoms with Crippen LogP contribution in [0.4, 0.5) is 0 Å². The molecule has 2 rings (SSSR count). The summed E-state index contributed by atoms with van der Waals surface area (Å²) in [6, 6.07) is 4.14. The monoisotopic (exact) mass is 234 g/mol. The molecule has 1 atom stereocenters. The molecule has 3 heteroatoms. The van der Waals surface area contributed by atoms with E-state index in [0.29, 0.717) is 11.5 Å². The van der Waals surface area contributed by atoms with Crippen molar-refractivity contribution in [2.45, 2.75) is 52.1 Å². The van der Waals surface area contributed by atoms with Crippen molar-refractivity contribution in [2.75, 3.05) is 0 Å². The van der Waals surface area contributed by atoms with Gasteiger partial charge in [-0.15, -0.1) is 0 Å². The molecule has 0 aromatic carbocycles. The minimum Gasteiger partial charge on any atom is -0.506 e. The molecule has 1 aromatic rings. The number of hydrogen-bond donors (Lipinski definition) is 2. The molecular weight excluding hydrogens is 212 g/mol. The quantitative estimate of drug-likeness (QED) is 0.845. The standard InChI is InChI=1S/C14H22N2O/c1-14(2)8-4-3-5-13(14)16-9-11-6-7-12(17)10-15-11/h6-7,10,13,16-17H,3-5,8-9H2,1-2H3. The molecule has 1 aliphatic rings. The normalized spacial score (nSPS) is 23.5. The molecule has 1 heterocycles. The Morgan fingerprint density at radius 1 is 1.41 bits per heavy atom. The van der Waals surface area contributed by atoms with E-state index in [2.05, 4.69) is 24.1 Å². The lowest BCUT2D eigenvalue weighted by Gasteiger charge is -2.39. The summed E-state index contributed by atoms with van der Waals surface area (Å²) in [5, 5.41) is 12.8. The van der Waals surface area contributed by atoms with Crippen LogP contribution in [0.15, 0.2) is 18.3 Å². The number of nitrogens with one attached hydrogen (secondary N) is 1. The Labute approximate surface area is 103 Å². The largest absolute Gasteiger partial charge is 0.506 e. The first-order chi connectivity index (χ1) is 8.08. The lowest BCUT2D eigenvalue weighted by Crippen LogP contribution is -2.43. The molecule has 0 amide bonds. The van der Waals surface area contributed by atoms with Crippen molar-refractivity contribution in [3.05, 3.63) is 24.0 Å². The van der Waals surface area contributed by atoms with Crippen molar-refractivity contribution < 1.29 is 5.11 Å². The highest BCUT2D eigenvalue weighted by molar-refractivity contribution is 5.17. The summed E-state index contributed by atoms with van der Waals surface area (Å²) in [5.41, 5.74) is 1.37.